The van der Waals surface area contributed by atoms with Crippen LogP contribution in [0.1, 0.15) is 22.8 Å². The summed E-state index contributed by atoms with van der Waals surface area (Å²) in [6, 6.07) is 8.12. The van der Waals surface area contributed by atoms with Crippen LogP contribution in [0.4, 0.5) is 0 Å². The average Bonchev–Trinajstić information content (AvgIpc) is 3.01. The zero-order valence-corrected chi connectivity index (χ0v) is 14.9. The van der Waals surface area contributed by atoms with Crippen LogP contribution in [0.2, 0.25) is 0 Å². The van der Waals surface area contributed by atoms with Crippen LogP contribution in [-0.4, -0.2) is 58.6 Å². The van der Waals surface area contributed by atoms with Gasteiger partial charge in [-0.3, -0.25) is 14.6 Å². The van der Waals surface area contributed by atoms with Gasteiger partial charge in [0, 0.05) is 32.7 Å². The molecule has 0 spiro atoms. The normalized spacial score (nSPS) is 16.1. The van der Waals surface area contributed by atoms with Crippen LogP contribution in [0.25, 0.3) is 0 Å². The summed E-state index contributed by atoms with van der Waals surface area (Å²) in [5.41, 5.74) is 2.36. The van der Waals surface area contributed by atoms with Crippen molar-refractivity contribution >= 4 is 5.91 Å². The highest BCUT2D eigenvalue weighted by molar-refractivity contribution is 5.78. The molecule has 1 fully saturated rings. The lowest BCUT2D eigenvalue weighted by atomic mass is 10.1. The Kier molecular flexibility index (Phi) is 5.78. The van der Waals surface area contributed by atoms with Crippen molar-refractivity contribution in [1.82, 2.24) is 25.3 Å². The van der Waals surface area contributed by atoms with Gasteiger partial charge >= 0.3 is 0 Å². The first-order valence-electron chi connectivity index (χ1n) is 8.65. The van der Waals surface area contributed by atoms with Gasteiger partial charge in [-0.15, -0.1) is 0 Å². The van der Waals surface area contributed by atoms with Gasteiger partial charge in [0.15, 0.2) is 5.82 Å². The number of rotatable bonds is 6. The fraction of sp³-hybridized carbons (Fsp3) is 0.500. The highest BCUT2D eigenvalue weighted by Gasteiger charge is 2.20. The number of carbonyl (C=O) groups excluding carboxylic acids is 1. The molecule has 0 aliphatic carbocycles. The molecule has 0 saturated carbocycles. The average molecular weight is 343 g/mol. The van der Waals surface area contributed by atoms with E-state index in [4.69, 9.17) is 4.52 Å². The predicted octanol–water partition coefficient (Wildman–Crippen LogP) is 1.12. The molecular weight excluding hydrogens is 318 g/mol. The van der Waals surface area contributed by atoms with Gasteiger partial charge in [0.05, 0.1) is 13.1 Å². The third-order valence-electron chi connectivity index (χ3n) is 4.50. The highest BCUT2D eigenvalue weighted by Crippen LogP contribution is 2.08. The Balaban J connectivity index is 1.38. The van der Waals surface area contributed by atoms with Crippen molar-refractivity contribution in [2.24, 2.45) is 0 Å². The zero-order valence-electron chi connectivity index (χ0n) is 14.9. The highest BCUT2D eigenvalue weighted by atomic mass is 16.5. The van der Waals surface area contributed by atoms with Gasteiger partial charge < -0.3 is 9.84 Å². The number of aromatic nitrogens is 2. The van der Waals surface area contributed by atoms with Crippen molar-refractivity contribution in [3.8, 4) is 0 Å². The van der Waals surface area contributed by atoms with Crippen LogP contribution >= 0.6 is 0 Å². The summed E-state index contributed by atoms with van der Waals surface area (Å²) in [5, 5.41) is 6.83. The Morgan fingerprint density at radius 3 is 2.56 bits per heavy atom. The first kappa shape index (κ1) is 17.6. The number of benzene rings is 1. The molecule has 0 bridgehead atoms. The second kappa shape index (κ2) is 8.22. The minimum absolute atomic E-state index is 0.0734. The van der Waals surface area contributed by atoms with Crippen molar-refractivity contribution in [3.05, 3.63) is 47.1 Å². The van der Waals surface area contributed by atoms with Crippen LogP contribution in [0.15, 0.2) is 28.8 Å². The number of carbonyl (C=O) groups is 1. The van der Waals surface area contributed by atoms with E-state index in [0.29, 0.717) is 31.3 Å². The summed E-state index contributed by atoms with van der Waals surface area (Å²) in [4.78, 5) is 20.9. The molecule has 1 saturated heterocycles. The molecule has 25 heavy (non-hydrogen) atoms. The van der Waals surface area contributed by atoms with E-state index >= 15 is 0 Å². The molecule has 1 N–H and O–H groups in total. The minimum Gasteiger partial charge on any atom is -0.351 e. The molecule has 0 atom stereocenters. The molecule has 1 amide bonds. The molecule has 0 unspecified atom stereocenters. The van der Waals surface area contributed by atoms with E-state index in [2.05, 4.69) is 38.2 Å². The first-order valence-corrected chi connectivity index (χ1v) is 8.65. The van der Waals surface area contributed by atoms with Gasteiger partial charge in [-0.1, -0.05) is 29.4 Å². The maximum atomic E-state index is 12.2. The monoisotopic (exact) mass is 343 g/mol. The molecule has 1 aromatic carbocycles. The largest absolute Gasteiger partial charge is 0.351 e. The Labute approximate surface area is 148 Å². The van der Waals surface area contributed by atoms with Gasteiger partial charge in [0.1, 0.15) is 0 Å². The third-order valence-corrected chi connectivity index (χ3v) is 4.50. The van der Waals surface area contributed by atoms with Crippen molar-refractivity contribution in [2.75, 3.05) is 32.7 Å². The summed E-state index contributed by atoms with van der Waals surface area (Å²) in [6.45, 7) is 9.11. The van der Waals surface area contributed by atoms with E-state index in [1.54, 1.807) is 0 Å². The van der Waals surface area contributed by atoms with Crippen LogP contribution in [-0.2, 0) is 17.9 Å². The molecular formula is C18H25N5O2. The second-order valence-corrected chi connectivity index (χ2v) is 6.49. The van der Waals surface area contributed by atoms with Crippen LogP contribution in [0, 0.1) is 13.8 Å². The Bertz CT molecular complexity index is 707. The van der Waals surface area contributed by atoms with Gasteiger partial charge in [0.25, 0.3) is 0 Å². The van der Waals surface area contributed by atoms with E-state index < -0.39 is 0 Å². The van der Waals surface area contributed by atoms with Crippen molar-refractivity contribution in [3.63, 3.8) is 0 Å². The fourth-order valence-corrected chi connectivity index (χ4v) is 2.96. The number of aryl methyl sites for hydroxylation is 2. The van der Waals surface area contributed by atoms with Crippen molar-refractivity contribution in [1.29, 1.82) is 0 Å². The molecule has 1 aromatic heterocycles. The lowest BCUT2D eigenvalue weighted by Gasteiger charge is -2.33. The lowest BCUT2D eigenvalue weighted by Crippen LogP contribution is -2.49. The van der Waals surface area contributed by atoms with Crippen molar-refractivity contribution < 1.29 is 9.32 Å². The van der Waals surface area contributed by atoms with E-state index in [1.165, 1.54) is 5.56 Å². The summed E-state index contributed by atoms with van der Waals surface area (Å²) in [6.07, 6.45) is 0. The van der Waals surface area contributed by atoms with E-state index in [0.717, 1.165) is 31.7 Å². The molecule has 1 aliphatic rings. The topological polar surface area (TPSA) is 74.5 Å². The van der Waals surface area contributed by atoms with Crippen LogP contribution in [0.3, 0.4) is 0 Å². The number of piperazine rings is 1. The van der Waals surface area contributed by atoms with Crippen LogP contribution in [0.5, 0.6) is 0 Å². The number of nitrogens with one attached hydrogen (secondary N) is 1. The predicted molar refractivity (Wildman–Crippen MR) is 93.8 cm³/mol. The van der Waals surface area contributed by atoms with Gasteiger partial charge in [-0.25, -0.2) is 0 Å². The van der Waals surface area contributed by atoms with E-state index in [1.807, 2.05) is 25.1 Å². The quantitative estimate of drug-likeness (QED) is 0.847. The molecule has 2 aromatic rings. The standard InChI is InChI=1S/C18H25N5O2/c1-14-5-3-4-6-16(14)11-19-17(24)12-22-7-9-23(10-8-22)13-18-20-15(2)21-25-18/h3-6H,7-13H2,1-2H3,(H,19,24). The minimum atomic E-state index is 0.0734. The maximum absolute atomic E-state index is 12.2. The smallest absolute Gasteiger partial charge is 0.240 e. The molecule has 1 aliphatic heterocycles. The van der Waals surface area contributed by atoms with Gasteiger partial charge in [0.2, 0.25) is 11.8 Å². The Hall–Kier alpha value is -2.25. The molecule has 134 valence electrons. The summed E-state index contributed by atoms with van der Waals surface area (Å²) >= 11 is 0. The van der Waals surface area contributed by atoms with Gasteiger partial charge in [-0.05, 0) is 25.0 Å². The maximum Gasteiger partial charge on any atom is 0.240 e. The molecule has 7 heteroatoms. The Morgan fingerprint density at radius 2 is 1.88 bits per heavy atom. The van der Waals surface area contributed by atoms with Gasteiger partial charge in [-0.2, -0.15) is 4.98 Å². The molecule has 7 nitrogen and oxygen atoms in total. The lowest BCUT2D eigenvalue weighted by molar-refractivity contribution is -0.122. The summed E-state index contributed by atoms with van der Waals surface area (Å²) in [5.74, 6) is 1.39. The fourth-order valence-electron chi connectivity index (χ4n) is 2.96. The zero-order chi connectivity index (χ0) is 17.6. The Morgan fingerprint density at radius 1 is 1.16 bits per heavy atom. The third kappa shape index (κ3) is 5.11. The number of amides is 1. The van der Waals surface area contributed by atoms with E-state index in [-0.39, 0.29) is 5.91 Å². The first-order chi connectivity index (χ1) is 12.1. The number of hydrogen-bond donors (Lipinski definition) is 1. The molecule has 3 rings (SSSR count). The number of nitrogens with zero attached hydrogens (tertiary/aromatic N) is 4. The van der Waals surface area contributed by atoms with Crippen molar-refractivity contribution in [2.45, 2.75) is 26.9 Å². The SMILES string of the molecule is Cc1noc(CN2CCN(CC(=O)NCc3ccccc3C)CC2)n1. The molecule has 2 heterocycles. The second-order valence-electron chi connectivity index (χ2n) is 6.49. The van der Waals surface area contributed by atoms with Crippen LogP contribution < -0.4 is 5.32 Å². The number of hydrogen-bond acceptors (Lipinski definition) is 6. The van der Waals surface area contributed by atoms with E-state index in [9.17, 15) is 4.79 Å². The summed E-state index contributed by atoms with van der Waals surface area (Å²) < 4.78 is 5.16. The molecule has 0 radical (unpaired) electrons. The summed E-state index contributed by atoms with van der Waals surface area (Å²) in [7, 11) is 0.